The van der Waals surface area contributed by atoms with Gasteiger partial charge in [-0.25, -0.2) is 0 Å². The summed E-state index contributed by atoms with van der Waals surface area (Å²) < 4.78 is 16.8. The van der Waals surface area contributed by atoms with Crippen molar-refractivity contribution in [3.05, 3.63) is 55.9 Å². The van der Waals surface area contributed by atoms with Crippen LogP contribution in [0.5, 0.6) is 0 Å². The predicted molar refractivity (Wildman–Crippen MR) is 141 cm³/mol. The molecule has 152 valence electrons. The van der Waals surface area contributed by atoms with E-state index in [0.717, 1.165) is 8.95 Å². The number of hydrogen-bond donors (Lipinski definition) is 0. The Morgan fingerprint density at radius 3 is 0.897 bits per heavy atom. The molecule has 0 saturated carbocycles. The summed E-state index contributed by atoms with van der Waals surface area (Å²) in [5, 5.41) is 0. The van der Waals surface area contributed by atoms with Crippen LogP contribution in [0.4, 0.5) is 0 Å². The van der Waals surface area contributed by atoms with E-state index in [1.807, 2.05) is 0 Å². The van der Waals surface area contributed by atoms with Gasteiger partial charge in [-0.05, 0) is 0 Å². The molecule has 0 radical (unpaired) electrons. The molecule has 0 aliphatic rings. The molecule has 0 atom stereocenters. The molecule has 29 heavy (non-hydrogen) atoms. The SMILES string of the molecule is O=C([O][Hg][O]C(=O)c1c(Br)c(Br)c(Br)c(Br)c1Br)c1c(Br)c(Br)c(Br)c(Br)c1Br. The Kier molecular flexibility index (Phi) is 11.9. The zero-order chi connectivity index (χ0) is 22.2. The maximum atomic E-state index is 12.6. The summed E-state index contributed by atoms with van der Waals surface area (Å²) >= 11 is 31.1. The van der Waals surface area contributed by atoms with E-state index in [4.69, 9.17) is 5.29 Å². The molecule has 15 heteroatoms. The molecule has 0 amide bonds. The Bertz CT molecular complexity index is 903. The monoisotopic (exact) mass is 1220 g/mol. The Morgan fingerprint density at radius 1 is 0.448 bits per heavy atom. The zero-order valence-corrected chi connectivity index (χ0v) is 34.5. The summed E-state index contributed by atoms with van der Waals surface area (Å²) in [5.41, 5.74) is 0.555. The van der Waals surface area contributed by atoms with Crippen molar-refractivity contribution in [3.63, 3.8) is 0 Å². The zero-order valence-electron chi connectivity index (χ0n) is 13.1. The van der Waals surface area contributed by atoms with Gasteiger partial charge < -0.3 is 0 Å². The van der Waals surface area contributed by atoms with Crippen molar-refractivity contribution in [1.29, 1.82) is 0 Å². The van der Waals surface area contributed by atoms with Crippen molar-refractivity contribution in [3.8, 4) is 0 Å². The van der Waals surface area contributed by atoms with Crippen LogP contribution in [0.25, 0.3) is 0 Å². The quantitative estimate of drug-likeness (QED) is 0.174. The summed E-state index contributed by atoms with van der Waals surface area (Å²) in [6, 6.07) is 0. The molecular formula is C14Br10HgO4. The average Bonchev–Trinajstić information content (AvgIpc) is 2.68. The second kappa shape index (κ2) is 12.2. The van der Waals surface area contributed by atoms with Gasteiger partial charge in [-0.3, -0.25) is 0 Å². The van der Waals surface area contributed by atoms with Gasteiger partial charge in [0.25, 0.3) is 0 Å². The Hall–Kier alpha value is 3.12. The van der Waals surface area contributed by atoms with Gasteiger partial charge in [-0.2, -0.15) is 0 Å². The first-order valence-corrected chi connectivity index (χ1v) is 19.2. The van der Waals surface area contributed by atoms with Gasteiger partial charge in [0, 0.05) is 0 Å². The fourth-order valence-electron chi connectivity index (χ4n) is 1.85. The number of rotatable bonds is 4. The van der Waals surface area contributed by atoms with Crippen molar-refractivity contribution in [1.82, 2.24) is 0 Å². The second-order valence-electron chi connectivity index (χ2n) is 4.87. The third kappa shape index (κ3) is 6.22. The van der Waals surface area contributed by atoms with Crippen LogP contribution in [0.1, 0.15) is 20.7 Å². The standard InChI is InChI=1S/2C7HBr5O2.Hg/c2*8-2-1(7(13)14)3(9)5(11)6(12)4(2)10;/h2*(H,13,14);/q;;+2/p-2. The average molecular weight is 1230 g/mol. The fourth-order valence-corrected chi connectivity index (χ4v) is 10.8. The van der Waals surface area contributed by atoms with E-state index in [1.165, 1.54) is 0 Å². The minimum atomic E-state index is -2.81. The van der Waals surface area contributed by atoms with Gasteiger partial charge in [-0.1, -0.05) is 0 Å². The number of carbonyl (C=O) groups excluding carboxylic acids is 2. The normalized spacial score (nSPS) is 10.6. The van der Waals surface area contributed by atoms with E-state index in [0.29, 0.717) is 35.8 Å². The van der Waals surface area contributed by atoms with Crippen LogP contribution >= 0.6 is 159 Å². The molecule has 0 aliphatic heterocycles. The van der Waals surface area contributed by atoms with Gasteiger partial charge in [0.2, 0.25) is 0 Å². The van der Waals surface area contributed by atoms with Crippen LogP contribution in [0.2, 0.25) is 0 Å². The third-order valence-corrected chi connectivity index (χ3v) is 18.3. The van der Waals surface area contributed by atoms with Crippen LogP contribution in [-0.4, -0.2) is 11.9 Å². The number of benzene rings is 2. The maximum absolute atomic E-state index is 12.6. The Morgan fingerprint density at radius 2 is 0.655 bits per heavy atom. The molecule has 2 rings (SSSR count). The van der Waals surface area contributed by atoms with Crippen molar-refractivity contribution < 1.29 is 40.4 Å². The van der Waals surface area contributed by atoms with Crippen LogP contribution < -0.4 is 0 Å². The molecule has 0 aliphatic carbocycles. The first-order chi connectivity index (χ1) is 13.4. The van der Waals surface area contributed by atoms with Gasteiger partial charge >= 0.3 is 267 Å². The van der Waals surface area contributed by atoms with Gasteiger partial charge in [0.1, 0.15) is 0 Å². The van der Waals surface area contributed by atoms with E-state index in [2.05, 4.69) is 159 Å². The molecule has 0 unspecified atom stereocenters. The molecule has 0 saturated heterocycles. The van der Waals surface area contributed by atoms with E-state index in [-0.39, 0.29) is 11.1 Å². The molecule has 0 aromatic heterocycles. The molecule has 2 aromatic carbocycles. The summed E-state index contributed by atoms with van der Waals surface area (Å²) in [4.78, 5) is 25.2. The summed E-state index contributed by atoms with van der Waals surface area (Å²) in [6.07, 6.45) is 0. The second-order valence-corrected chi connectivity index (χ2v) is 16.0. The molecule has 0 N–H and O–H groups in total. The number of halogens is 10. The van der Waals surface area contributed by atoms with E-state index >= 15 is 0 Å². The minimum absolute atomic E-state index is 0.277. The first-order valence-electron chi connectivity index (χ1n) is 6.78. The number of hydrogen-bond acceptors (Lipinski definition) is 4. The van der Waals surface area contributed by atoms with Gasteiger partial charge in [0.15, 0.2) is 0 Å². The van der Waals surface area contributed by atoms with Crippen molar-refractivity contribution in [2.24, 2.45) is 0 Å². The molecule has 0 heterocycles. The topological polar surface area (TPSA) is 52.6 Å². The molecule has 0 fully saturated rings. The molecule has 4 nitrogen and oxygen atoms in total. The Labute approximate surface area is 262 Å². The van der Waals surface area contributed by atoms with Crippen LogP contribution in [0, 0.1) is 0 Å². The summed E-state index contributed by atoms with van der Waals surface area (Å²) in [5.74, 6) is -1.19. The summed E-state index contributed by atoms with van der Waals surface area (Å²) in [7, 11) is 0. The fraction of sp³-hybridized carbons (Fsp3) is 0. The van der Waals surface area contributed by atoms with Crippen molar-refractivity contribution in [2.75, 3.05) is 0 Å². The summed E-state index contributed by atoms with van der Waals surface area (Å²) in [6.45, 7) is 0. The molecular weight excluding hydrogens is 1230 g/mol. The molecule has 0 bridgehead atoms. The number of carbonyl (C=O) groups is 2. The van der Waals surface area contributed by atoms with Gasteiger partial charge in [0.05, 0.1) is 0 Å². The van der Waals surface area contributed by atoms with Crippen molar-refractivity contribution in [2.45, 2.75) is 0 Å². The van der Waals surface area contributed by atoms with Crippen LogP contribution in [0.3, 0.4) is 0 Å². The van der Waals surface area contributed by atoms with Gasteiger partial charge in [-0.15, -0.1) is 0 Å². The third-order valence-electron chi connectivity index (χ3n) is 3.21. The van der Waals surface area contributed by atoms with Crippen molar-refractivity contribution >= 4 is 171 Å². The predicted octanol–water partition coefficient (Wildman–Crippen LogP) is 10.2. The van der Waals surface area contributed by atoms with E-state index < -0.39 is 37.4 Å². The van der Waals surface area contributed by atoms with Crippen LogP contribution in [0.15, 0.2) is 44.7 Å². The Balaban J connectivity index is 2.20. The van der Waals surface area contributed by atoms with E-state index in [1.54, 1.807) is 0 Å². The van der Waals surface area contributed by atoms with E-state index in [9.17, 15) is 9.59 Å². The molecule has 2 aromatic rings. The first kappa shape index (κ1) is 28.4. The van der Waals surface area contributed by atoms with Crippen LogP contribution in [-0.2, 0) is 30.8 Å². The molecule has 0 spiro atoms.